The lowest BCUT2D eigenvalue weighted by Crippen LogP contribution is -2.18. The molecule has 1 aliphatic rings. The van der Waals surface area contributed by atoms with Crippen LogP contribution in [0.3, 0.4) is 0 Å². The molecule has 1 unspecified atom stereocenters. The summed E-state index contributed by atoms with van der Waals surface area (Å²) in [6.45, 7) is 1.25. The highest BCUT2D eigenvalue weighted by Gasteiger charge is 2.19. The largest absolute Gasteiger partial charge is 0.489 e. The fourth-order valence-electron chi connectivity index (χ4n) is 2.45. The molecule has 0 saturated carbocycles. The number of amides is 1. The highest BCUT2D eigenvalue weighted by atomic mass is 35.5. The van der Waals surface area contributed by atoms with Gasteiger partial charge in [-0.2, -0.15) is 5.10 Å². The summed E-state index contributed by atoms with van der Waals surface area (Å²) >= 11 is 6.00. The van der Waals surface area contributed by atoms with Gasteiger partial charge in [0.05, 0.1) is 16.8 Å². The summed E-state index contributed by atoms with van der Waals surface area (Å²) in [7, 11) is 1.71. The number of hydrogen-bond acceptors (Lipinski definition) is 4. The van der Waals surface area contributed by atoms with Crippen molar-refractivity contribution in [3.63, 3.8) is 0 Å². The van der Waals surface area contributed by atoms with Crippen molar-refractivity contribution in [2.75, 3.05) is 18.5 Å². The Bertz CT molecular complexity index is 696. The Morgan fingerprint density at radius 1 is 1.52 bits per heavy atom. The van der Waals surface area contributed by atoms with E-state index in [1.54, 1.807) is 19.3 Å². The molecule has 0 radical (unpaired) electrons. The quantitative estimate of drug-likeness (QED) is 0.912. The third-order valence-corrected chi connectivity index (χ3v) is 3.86. The standard InChI is InChI=1S/C16H18ClN3O3/c1-20-9-12(17)15(19-20)16(21)18-13-6-2-3-7-14(13)23-10-11-5-4-8-22-11/h2-3,6-7,9,11H,4-5,8,10H2,1H3,(H,18,21). The van der Waals surface area contributed by atoms with Crippen LogP contribution in [-0.4, -0.2) is 35.0 Å². The van der Waals surface area contributed by atoms with Gasteiger partial charge in [-0.05, 0) is 25.0 Å². The van der Waals surface area contributed by atoms with Crippen LogP contribution >= 0.6 is 11.6 Å². The molecular formula is C16H18ClN3O3. The first-order valence-corrected chi connectivity index (χ1v) is 7.85. The highest BCUT2D eigenvalue weighted by Crippen LogP contribution is 2.26. The molecule has 1 aromatic heterocycles. The third kappa shape index (κ3) is 3.83. The molecule has 1 atom stereocenters. The number of carbonyl (C=O) groups is 1. The van der Waals surface area contributed by atoms with Crippen LogP contribution in [0.25, 0.3) is 0 Å². The molecule has 7 heteroatoms. The first kappa shape index (κ1) is 15.8. The van der Waals surface area contributed by atoms with Crippen molar-refractivity contribution < 1.29 is 14.3 Å². The second kappa shape index (κ2) is 7.02. The Hall–Kier alpha value is -2.05. The van der Waals surface area contributed by atoms with E-state index in [0.717, 1.165) is 19.4 Å². The summed E-state index contributed by atoms with van der Waals surface area (Å²) in [6, 6.07) is 7.27. The zero-order chi connectivity index (χ0) is 16.2. The predicted molar refractivity (Wildman–Crippen MR) is 87.1 cm³/mol. The van der Waals surface area contributed by atoms with E-state index in [1.165, 1.54) is 4.68 Å². The molecule has 1 aromatic carbocycles. The summed E-state index contributed by atoms with van der Waals surface area (Å²) < 4.78 is 12.8. The van der Waals surface area contributed by atoms with Gasteiger partial charge in [0.25, 0.3) is 5.91 Å². The van der Waals surface area contributed by atoms with Gasteiger partial charge in [-0.1, -0.05) is 23.7 Å². The van der Waals surface area contributed by atoms with E-state index in [4.69, 9.17) is 21.1 Å². The zero-order valence-corrected chi connectivity index (χ0v) is 13.5. The van der Waals surface area contributed by atoms with E-state index in [1.807, 2.05) is 18.2 Å². The van der Waals surface area contributed by atoms with E-state index in [2.05, 4.69) is 10.4 Å². The van der Waals surface area contributed by atoms with Crippen molar-refractivity contribution in [3.05, 3.63) is 41.2 Å². The van der Waals surface area contributed by atoms with E-state index in [9.17, 15) is 4.79 Å². The number of benzene rings is 1. The monoisotopic (exact) mass is 335 g/mol. The number of carbonyl (C=O) groups excluding carboxylic acids is 1. The van der Waals surface area contributed by atoms with Crippen molar-refractivity contribution in [1.82, 2.24) is 9.78 Å². The molecule has 2 heterocycles. The molecule has 122 valence electrons. The molecule has 2 aromatic rings. The van der Waals surface area contributed by atoms with Crippen LogP contribution in [0, 0.1) is 0 Å². The van der Waals surface area contributed by atoms with Crippen LogP contribution < -0.4 is 10.1 Å². The Balaban J connectivity index is 1.69. The van der Waals surface area contributed by atoms with Crippen LogP contribution in [0.5, 0.6) is 5.75 Å². The van der Waals surface area contributed by atoms with Gasteiger partial charge in [-0.3, -0.25) is 9.48 Å². The fourth-order valence-corrected chi connectivity index (χ4v) is 2.71. The van der Waals surface area contributed by atoms with Crippen LogP contribution in [0.1, 0.15) is 23.3 Å². The molecule has 0 aliphatic carbocycles. The van der Waals surface area contributed by atoms with Gasteiger partial charge in [0, 0.05) is 19.9 Å². The second-order valence-electron chi connectivity index (χ2n) is 5.40. The number of ether oxygens (including phenoxy) is 2. The Morgan fingerprint density at radius 2 is 2.35 bits per heavy atom. The topological polar surface area (TPSA) is 65.4 Å². The number of halogens is 1. The number of nitrogens with zero attached hydrogens (tertiary/aromatic N) is 2. The van der Waals surface area contributed by atoms with E-state index in [-0.39, 0.29) is 17.7 Å². The Morgan fingerprint density at radius 3 is 3.04 bits per heavy atom. The number of para-hydroxylation sites is 2. The van der Waals surface area contributed by atoms with E-state index in [0.29, 0.717) is 23.1 Å². The maximum atomic E-state index is 12.3. The highest BCUT2D eigenvalue weighted by molar-refractivity contribution is 6.34. The van der Waals surface area contributed by atoms with Crippen LogP contribution in [0.15, 0.2) is 30.5 Å². The van der Waals surface area contributed by atoms with Gasteiger partial charge in [0.15, 0.2) is 5.69 Å². The van der Waals surface area contributed by atoms with Gasteiger partial charge in [0.2, 0.25) is 0 Å². The normalized spacial score (nSPS) is 17.2. The van der Waals surface area contributed by atoms with Crippen molar-refractivity contribution in [3.8, 4) is 5.75 Å². The molecule has 3 rings (SSSR count). The minimum Gasteiger partial charge on any atom is -0.489 e. The zero-order valence-electron chi connectivity index (χ0n) is 12.8. The molecule has 1 saturated heterocycles. The van der Waals surface area contributed by atoms with Crippen molar-refractivity contribution in [1.29, 1.82) is 0 Å². The van der Waals surface area contributed by atoms with Gasteiger partial charge in [-0.25, -0.2) is 0 Å². The molecule has 0 bridgehead atoms. The lowest BCUT2D eigenvalue weighted by Gasteiger charge is -2.14. The van der Waals surface area contributed by atoms with Crippen molar-refractivity contribution in [2.24, 2.45) is 7.05 Å². The average molecular weight is 336 g/mol. The summed E-state index contributed by atoms with van der Waals surface area (Å²) in [4.78, 5) is 12.3. The second-order valence-corrected chi connectivity index (χ2v) is 5.80. The number of hydrogen-bond donors (Lipinski definition) is 1. The van der Waals surface area contributed by atoms with Crippen LogP contribution in [0.4, 0.5) is 5.69 Å². The maximum absolute atomic E-state index is 12.3. The molecule has 1 aliphatic heterocycles. The lowest BCUT2D eigenvalue weighted by molar-refractivity contribution is 0.0682. The molecular weight excluding hydrogens is 318 g/mol. The van der Waals surface area contributed by atoms with Gasteiger partial charge >= 0.3 is 0 Å². The number of anilines is 1. The number of aryl methyl sites for hydroxylation is 1. The third-order valence-electron chi connectivity index (χ3n) is 3.58. The number of nitrogens with one attached hydrogen (secondary N) is 1. The molecule has 1 N–H and O–H groups in total. The predicted octanol–water partition coefficient (Wildman–Crippen LogP) is 2.88. The smallest absolute Gasteiger partial charge is 0.277 e. The molecule has 1 fully saturated rings. The first-order valence-electron chi connectivity index (χ1n) is 7.47. The van der Waals surface area contributed by atoms with Crippen molar-refractivity contribution >= 4 is 23.2 Å². The Kier molecular flexibility index (Phi) is 4.83. The molecule has 1 amide bonds. The van der Waals surface area contributed by atoms with E-state index >= 15 is 0 Å². The van der Waals surface area contributed by atoms with Gasteiger partial charge < -0.3 is 14.8 Å². The summed E-state index contributed by atoms with van der Waals surface area (Å²) in [6.07, 6.45) is 3.75. The Labute approximate surface area is 139 Å². The minimum absolute atomic E-state index is 0.115. The first-order chi connectivity index (χ1) is 11.1. The summed E-state index contributed by atoms with van der Waals surface area (Å²) in [5.74, 6) is 0.229. The molecule has 0 spiro atoms. The number of rotatable bonds is 5. The maximum Gasteiger partial charge on any atom is 0.277 e. The average Bonchev–Trinajstić information content (AvgIpc) is 3.15. The lowest BCUT2D eigenvalue weighted by atomic mass is 10.2. The fraction of sp³-hybridized carbons (Fsp3) is 0.375. The van der Waals surface area contributed by atoms with Crippen molar-refractivity contribution in [2.45, 2.75) is 18.9 Å². The summed E-state index contributed by atoms with van der Waals surface area (Å²) in [5, 5.41) is 7.16. The number of aromatic nitrogens is 2. The van der Waals surface area contributed by atoms with Gasteiger partial charge in [0.1, 0.15) is 12.4 Å². The minimum atomic E-state index is -0.372. The SMILES string of the molecule is Cn1cc(Cl)c(C(=O)Nc2ccccc2OCC2CCCO2)n1. The summed E-state index contributed by atoms with van der Waals surface area (Å²) in [5.41, 5.74) is 0.764. The van der Waals surface area contributed by atoms with Gasteiger partial charge in [-0.15, -0.1) is 0 Å². The molecule has 6 nitrogen and oxygen atoms in total. The molecule has 23 heavy (non-hydrogen) atoms. The van der Waals surface area contributed by atoms with Crippen LogP contribution in [-0.2, 0) is 11.8 Å². The van der Waals surface area contributed by atoms with E-state index < -0.39 is 0 Å². The van der Waals surface area contributed by atoms with Crippen LogP contribution in [0.2, 0.25) is 5.02 Å².